The Balaban J connectivity index is 1.76. The summed E-state index contributed by atoms with van der Waals surface area (Å²) in [7, 11) is 1.85. The normalized spacial score (nSPS) is 10.6. The molecule has 1 aromatic carbocycles. The highest BCUT2D eigenvalue weighted by Gasteiger charge is 2.11. The number of H-pyrrole nitrogens is 1. The van der Waals surface area contributed by atoms with Crippen LogP contribution in [0.15, 0.2) is 42.7 Å². The Bertz CT molecular complexity index is 775. The molecule has 21 heavy (non-hydrogen) atoms. The summed E-state index contributed by atoms with van der Waals surface area (Å²) >= 11 is 5.84. The lowest BCUT2D eigenvalue weighted by molar-refractivity contribution is 0.102. The molecule has 0 radical (unpaired) electrons. The molecule has 0 spiro atoms. The second-order valence-corrected chi connectivity index (χ2v) is 4.97. The Labute approximate surface area is 125 Å². The first kappa shape index (κ1) is 13.4. The smallest absolute Gasteiger partial charge is 0.259 e. The molecular weight excluding hydrogens is 290 g/mol. The van der Waals surface area contributed by atoms with Crippen LogP contribution in [0.25, 0.3) is 11.4 Å². The number of halogens is 1. The van der Waals surface area contributed by atoms with Crippen molar-refractivity contribution in [1.29, 1.82) is 0 Å². The molecule has 3 rings (SSSR count). The monoisotopic (exact) mass is 301 g/mol. The lowest BCUT2D eigenvalue weighted by Crippen LogP contribution is -2.12. The van der Waals surface area contributed by atoms with Crippen molar-refractivity contribution >= 4 is 23.5 Å². The Hall–Kier alpha value is -2.60. The van der Waals surface area contributed by atoms with E-state index in [-0.39, 0.29) is 11.9 Å². The highest BCUT2D eigenvalue weighted by molar-refractivity contribution is 6.30. The average Bonchev–Trinajstić information content (AvgIpc) is 3.09. The van der Waals surface area contributed by atoms with Crippen molar-refractivity contribution in [2.24, 2.45) is 7.05 Å². The molecule has 0 fully saturated rings. The molecule has 2 N–H and O–H groups in total. The third-order valence-electron chi connectivity index (χ3n) is 2.92. The first-order chi connectivity index (χ1) is 10.1. The second-order valence-electron chi connectivity index (χ2n) is 4.53. The number of anilines is 1. The minimum atomic E-state index is -0.253. The molecule has 0 bridgehead atoms. The molecule has 0 atom stereocenters. The predicted molar refractivity (Wildman–Crippen MR) is 80.2 cm³/mol. The Kier molecular flexibility index (Phi) is 3.45. The van der Waals surface area contributed by atoms with Gasteiger partial charge in [0.05, 0.1) is 5.56 Å². The number of aryl methyl sites for hydroxylation is 1. The average molecular weight is 302 g/mol. The van der Waals surface area contributed by atoms with Crippen molar-refractivity contribution in [3.8, 4) is 11.4 Å². The van der Waals surface area contributed by atoms with Crippen LogP contribution in [-0.4, -0.2) is 25.7 Å². The van der Waals surface area contributed by atoms with Gasteiger partial charge in [0.25, 0.3) is 5.91 Å². The minimum Gasteiger partial charge on any atom is -0.356 e. The van der Waals surface area contributed by atoms with Crippen molar-refractivity contribution in [3.05, 3.63) is 53.3 Å². The minimum absolute atomic E-state index is 0.230. The zero-order chi connectivity index (χ0) is 14.8. The SMILES string of the molecule is Cn1ccc(C(=O)Nc2n[nH]c(-c3ccc(Cl)cc3)n2)c1. The van der Waals surface area contributed by atoms with Gasteiger partial charge in [-0.15, -0.1) is 5.10 Å². The molecule has 0 unspecified atom stereocenters. The molecule has 0 aliphatic carbocycles. The standard InChI is InChI=1S/C14H12ClN5O/c1-20-7-6-10(8-20)13(21)17-14-16-12(18-19-14)9-2-4-11(15)5-3-9/h2-8H,1H3,(H2,16,17,18,19,21). The fourth-order valence-electron chi connectivity index (χ4n) is 1.87. The topological polar surface area (TPSA) is 75.6 Å². The zero-order valence-electron chi connectivity index (χ0n) is 11.2. The number of nitrogens with zero attached hydrogens (tertiary/aromatic N) is 3. The van der Waals surface area contributed by atoms with Crippen LogP contribution in [0.5, 0.6) is 0 Å². The van der Waals surface area contributed by atoms with Crippen LogP contribution in [0, 0.1) is 0 Å². The lowest BCUT2D eigenvalue weighted by atomic mass is 10.2. The van der Waals surface area contributed by atoms with Crippen molar-refractivity contribution in [3.63, 3.8) is 0 Å². The number of nitrogens with one attached hydrogen (secondary N) is 2. The highest BCUT2D eigenvalue weighted by atomic mass is 35.5. The van der Waals surface area contributed by atoms with Gasteiger partial charge in [-0.25, -0.2) is 0 Å². The number of hydrogen-bond donors (Lipinski definition) is 2. The Morgan fingerprint density at radius 1 is 1.29 bits per heavy atom. The van der Waals surface area contributed by atoms with E-state index in [0.717, 1.165) is 5.56 Å². The third kappa shape index (κ3) is 2.95. The van der Waals surface area contributed by atoms with E-state index in [1.807, 2.05) is 19.2 Å². The number of aromatic nitrogens is 4. The summed E-state index contributed by atoms with van der Waals surface area (Å²) in [4.78, 5) is 16.2. The first-order valence-corrected chi connectivity index (χ1v) is 6.61. The number of rotatable bonds is 3. The molecule has 0 saturated carbocycles. The highest BCUT2D eigenvalue weighted by Crippen LogP contribution is 2.18. The maximum Gasteiger partial charge on any atom is 0.259 e. The molecule has 2 heterocycles. The zero-order valence-corrected chi connectivity index (χ0v) is 11.9. The van der Waals surface area contributed by atoms with E-state index in [1.165, 1.54) is 0 Å². The van der Waals surface area contributed by atoms with Gasteiger partial charge in [0.2, 0.25) is 5.95 Å². The molecule has 0 aliphatic rings. The van der Waals surface area contributed by atoms with Gasteiger partial charge in [-0.05, 0) is 30.3 Å². The van der Waals surface area contributed by atoms with Gasteiger partial charge in [0, 0.05) is 30.0 Å². The van der Waals surface area contributed by atoms with E-state index in [0.29, 0.717) is 16.4 Å². The van der Waals surface area contributed by atoms with Gasteiger partial charge in [0.15, 0.2) is 5.82 Å². The molecule has 0 saturated heterocycles. The summed E-state index contributed by atoms with van der Waals surface area (Å²) in [5, 5.41) is 10.0. The van der Waals surface area contributed by atoms with Crippen molar-refractivity contribution in [1.82, 2.24) is 19.7 Å². The van der Waals surface area contributed by atoms with Gasteiger partial charge >= 0.3 is 0 Å². The Morgan fingerprint density at radius 3 is 2.71 bits per heavy atom. The van der Waals surface area contributed by atoms with E-state index in [1.54, 1.807) is 35.2 Å². The fourth-order valence-corrected chi connectivity index (χ4v) is 1.99. The van der Waals surface area contributed by atoms with Crippen LogP contribution in [0.2, 0.25) is 5.02 Å². The van der Waals surface area contributed by atoms with Gasteiger partial charge in [-0.2, -0.15) is 4.98 Å². The van der Waals surface area contributed by atoms with Crippen LogP contribution >= 0.6 is 11.6 Å². The molecule has 106 valence electrons. The molecule has 2 aromatic heterocycles. The largest absolute Gasteiger partial charge is 0.356 e. The molecule has 0 aliphatic heterocycles. The van der Waals surface area contributed by atoms with Gasteiger partial charge in [-0.3, -0.25) is 15.2 Å². The number of aromatic amines is 1. The lowest BCUT2D eigenvalue weighted by Gasteiger charge is -1.97. The van der Waals surface area contributed by atoms with Crippen LogP contribution in [0.3, 0.4) is 0 Å². The summed E-state index contributed by atoms with van der Waals surface area (Å²) < 4.78 is 1.80. The van der Waals surface area contributed by atoms with Crippen molar-refractivity contribution < 1.29 is 4.79 Å². The molecular formula is C14H12ClN5O. The first-order valence-electron chi connectivity index (χ1n) is 6.23. The maximum atomic E-state index is 12.0. The summed E-state index contributed by atoms with van der Waals surface area (Å²) in [6.07, 6.45) is 3.52. The van der Waals surface area contributed by atoms with Crippen LogP contribution in [-0.2, 0) is 7.05 Å². The number of amides is 1. The molecule has 1 amide bonds. The van der Waals surface area contributed by atoms with Crippen molar-refractivity contribution in [2.45, 2.75) is 0 Å². The quantitative estimate of drug-likeness (QED) is 0.781. The summed E-state index contributed by atoms with van der Waals surface area (Å²) in [5.41, 5.74) is 1.39. The van der Waals surface area contributed by atoms with E-state index < -0.39 is 0 Å². The van der Waals surface area contributed by atoms with Crippen LogP contribution < -0.4 is 5.32 Å². The van der Waals surface area contributed by atoms with E-state index in [4.69, 9.17) is 11.6 Å². The number of carbonyl (C=O) groups excluding carboxylic acids is 1. The number of hydrogen-bond acceptors (Lipinski definition) is 3. The van der Waals surface area contributed by atoms with Gasteiger partial charge in [0.1, 0.15) is 0 Å². The van der Waals surface area contributed by atoms with Gasteiger partial charge in [-0.1, -0.05) is 11.6 Å². The molecule has 7 heteroatoms. The van der Waals surface area contributed by atoms with Crippen LogP contribution in [0.4, 0.5) is 5.95 Å². The number of carbonyl (C=O) groups is 1. The summed E-state index contributed by atoms with van der Waals surface area (Å²) in [6, 6.07) is 8.91. The molecule has 6 nitrogen and oxygen atoms in total. The summed E-state index contributed by atoms with van der Waals surface area (Å²) in [5.74, 6) is 0.543. The van der Waals surface area contributed by atoms with Crippen molar-refractivity contribution in [2.75, 3.05) is 5.32 Å². The maximum absolute atomic E-state index is 12.0. The Morgan fingerprint density at radius 2 is 2.05 bits per heavy atom. The number of benzene rings is 1. The fraction of sp³-hybridized carbons (Fsp3) is 0.0714. The molecule has 3 aromatic rings. The van der Waals surface area contributed by atoms with E-state index in [9.17, 15) is 4.79 Å². The van der Waals surface area contributed by atoms with E-state index >= 15 is 0 Å². The predicted octanol–water partition coefficient (Wildman–Crippen LogP) is 2.72. The van der Waals surface area contributed by atoms with Crippen LogP contribution in [0.1, 0.15) is 10.4 Å². The second kappa shape index (κ2) is 5.41. The third-order valence-corrected chi connectivity index (χ3v) is 3.17. The van der Waals surface area contributed by atoms with E-state index in [2.05, 4.69) is 20.5 Å². The van der Waals surface area contributed by atoms with Gasteiger partial charge < -0.3 is 4.57 Å². The summed E-state index contributed by atoms with van der Waals surface area (Å²) in [6.45, 7) is 0.